The van der Waals surface area contributed by atoms with Crippen molar-refractivity contribution >= 4 is 17.5 Å². The second-order valence-electron chi connectivity index (χ2n) is 7.44. The van der Waals surface area contributed by atoms with Gasteiger partial charge >= 0.3 is 6.03 Å². The summed E-state index contributed by atoms with van der Waals surface area (Å²) in [6.07, 6.45) is 3.99. The van der Waals surface area contributed by atoms with Crippen LogP contribution < -0.4 is 21.4 Å². The minimum atomic E-state index is -0.542. The highest BCUT2D eigenvalue weighted by atomic mass is 16.5. The van der Waals surface area contributed by atoms with Gasteiger partial charge in [0, 0.05) is 44.5 Å². The van der Waals surface area contributed by atoms with Crippen molar-refractivity contribution in [2.75, 3.05) is 26.2 Å². The van der Waals surface area contributed by atoms with Gasteiger partial charge in [0.05, 0.1) is 5.69 Å². The molecular weight excluding hydrogens is 394 g/mol. The number of carbonyl (C=O) groups excluding carboxylic acids is 2. The molecule has 0 saturated carbocycles. The molecule has 0 radical (unpaired) electrons. The zero-order chi connectivity index (χ0) is 23.1. The molecule has 0 aliphatic carbocycles. The lowest BCUT2D eigenvalue weighted by Crippen LogP contribution is -2.49. The number of nitrogens with two attached hydrogens (primary N) is 2. The molecule has 0 spiro atoms. The molecule has 8 heteroatoms. The number of hydrogen-bond donors (Lipinski definition) is 2. The quantitative estimate of drug-likeness (QED) is 0.221. The highest BCUT2D eigenvalue weighted by molar-refractivity contribution is 6.04. The predicted octanol–water partition coefficient (Wildman–Crippen LogP) is 3.00. The minimum Gasteiger partial charge on any atom is -0.489 e. The Hall–Kier alpha value is -3.36. The van der Waals surface area contributed by atoms with Crippen molar-refractivity contribution in [1.29, 1.82) is 0 Å². The third-order valence-corrected chi connectivity index (χ3v) is 4.75. The molecule has 2 rings (SSSR count). The lowest BCUT2D eigenvalue weighted by molar-refractivity contribution is 0.104. The summed E-state index contributed by atoms with van der Waals surface area (Å²) in [5.41, 5.74) is 3.76. The van der Waals surface area contributed by atoms with E-state index in [-0.39, 0.29) is 12.4 Å². The SMILES string of the molecule is CCc1cccc(N(N)C(=O)N(C)N)c1COc1ccc(C(=O)/C=C/N(C)C)cc1C. The molecule has 0 fully saturated rings. The zero-order valence-corrected chi connectivity index (χ0v) is 18.8. The molecule has 2 aromatic carbocycles. The van der Waals surface area contributed by atoms with Crippen molar-refractivity contribution in [2.45, 2.75) is 26.9 Å². The summed E-state index contributed by atoms with van der Waals surface area (Å²) in [4.78, 5) is 26.3. The average Bonchev–Trinajstić information content (AvgIpc) is 2.75. The summed E-state index contributed by atoms with van der Waals surface area (Å²) in [5.74, 6) is 12.1. The number of hydrazine groups is 2. The van der Waals surface area contributed by atoms with Crippen LogP contribution in [0.2, 0.25) is 0 Å². The smallest absolute Gasteiger partial charge is 0.352 e. The van der Waals surface area contributed by atoms with E-state index in [1.807, 2.05) is 40.1 Å². The predicted molar refractivity (Wildman–Crippen MR) is 123 cm³/mol. The number of ether oxygens (including phenoxy) is 1. The number of amides is 2. The van der Waals surface area contributed by atoms with E-state index in [9.17, 15) is 9.59 Å². The van der Waals surface area contributed by atoms with Gasteiger partial charge in [-0.05, 0) is 48.7 Å². The van der Waals surface area contributed by atoms with Gasteiger partial charge < -0.3 is 9.64 Å². The van der Waals surface area contributed by atoms with Crippen LogP contribution in [0, 0.1) is 6.92 Å². The van der Waals surface area contributed by atoms with Crippen LogP contribution in [0.1, 0.15) is 34.0 Å². The molecule has 0 aromatic heterocycles. The van der Waals surface area contributed by atoms with Gasteiger partial charge in [0.25, 0.3) is 0 Å². The van der Waals surface area contributed by atoms with Gasteiger partial charge in [-0.1, -0.05) is 19.1 Å². The van der Waals surface area contributed by atoms with Gasteiger partial charge in [0.1, 0.15) is 12.4 Å². The zero-order valence-electron chi connectivity index (χ0n) is 18.8. The molecule has 2 aromatic rings. The summed E-state index contributed by atoms with van der Waals surface area (Å²) in [6, 6.07) is 10.3. The van der Waals surface area contributed by atoms with Crippen LogP contribution in [-0.4, -0.2) is 42.9 Å². The van der Waals surface area contributed by atoms with Gasteiger partial charge in [-0.3, -0.25) is 9.80 Å². The number of rotatable bonds is 8. The molecule has 0 unspecified atom stereocenters. The van der Waals surface area contributed by atoms with E-state index in [4.69, 9.17) is 16.4 Å². The van der Waals surface area contributed by atoms with Crippen LogP contribution in [0.5, 0.6) is 5.75 Å². The molecule has 31 heavy (non-hydrogen) atoms. The number of benzene rings is 2. The van der Waals surface area contributed by atoms with Crippen molar-refractivity contribution in [3.63, 3.8) is 0 Å². The van der Waals surface area contributed by atoms with E-state index in [0.717, 1.165) is 33.1 Å². The second-order valence-corrected chi connectivity index (χ2v) is 7.44. The number of aryl methyl sites for hydroxylation is 2. The Morgan fingerprint density at radius 2 is 1.81 bits per heavy atom. The van der Waals surface area contributed by atoms with Gasteiger partial charge in [0.2, 0.25) is 0 Å². The van der Waals surface area contributed by atoms with Crippen LogP contribution in [0.25, 0.3) is 0 Å². The number of nitrogens with zero attached hydrogens (tertiary/aromatic N) is 3. The molecule has 0 saturated heterocycles. The highest BCUT2D eigenvalue weighted by Crippen LogP contribution is 2.27. The normalized spacial score (nSPS) is 10.8. The van der Waals surface area contributed by atoms with Crippen molar-refractivity contribution in [2.24, 2.45) is 11.7 Å². The van der Waals surface area contributed by atoms with Crippen molar-refractivity contribution in [3.05, 3.63) is 70.9 Å². The molecular formula is C23H31N5O3. The van der Waals surface area contributed by atoms with Crippen molar-refractivity contribution < 1.29 is 14.3 Å². The Labute approximate surface area is 183 Å². The minimum absolute atomic E-state index is 0.0786. The van der Waals surface area contributed by atoms with E-state index in [1.54, 1.807) is 35.4 Å². The summed E-state index contributed by atoms with van der Waals surface area (Å²) >= 11 is 0. The first-order valence-electron chi connectivity index (χ1n) is 9.96. The molecule has 0 atom stereocenters. The molecule has 2 amide bonds. The number of allylic oxidation sites excluding steroid dienone is 1. The molecule has 0 aliphatic heterocycles. The average molecular weight is 426 g/mol. The molecule has 8 nitrogen and oxygen atoms in total. The first kappa shape index (κ1) is 23.9. The van der Waals surface area contributed by atoms with Gasteiger partial charge in [-0.15, -0.1) is 0 Å². The number of anilines is 1. The molecule has 4 N–H and O–H groups in total. The lowest BCUT2D eigenvalue weighted by Gasteiger charge is -2.24. The number of carbonyl (C=O) groups is 2. The Morgan fingerprint density at radius 3 is 2.39 bits per heavy atom. The summed E-state index contributed by atoms with van der Waals surface area (Å²) in [6.45, 7) is 4.12. The first-order chi connectivity index (χ1) is 14.6. The van der Waals surface area contributed by atoms with Crippen molar-refractivity contribution in [1.82, 2.24) is 9.91 Å². The van der Waals surface area contributed by atoms with E-state index in [1.165, 1.54) is 13.1 Å². The fourth-order valence-corrected chi connectivity index (χ4v) is 3.05. The molecule has 0 bridgehead atoms. The molecule has 166 valence electrons. The third-order valence-electron chi connectivity index (χ3n) is 4.75. The van der Waals surface area contributed by atoms with Crippen LogP contribution >= 0.6 is 0 Å². The number of urea groups is 1. The van der Waals surface area contributed by atoms with Crippen LogP contribution in [0.15, 0.2) is 48.7 Å². The van der Waals surface area contributed by atoms with E-state index >= 15 is 0 Å². The Bertz CT molecular complexity index is 970. The monoisotopic (exact) mass is 425 g/mol. The number of hydrogen-bond acceptors (Lipinski definition) is 6. The summed E-state index contributed by atoms with van der Waals surface area (Å²) < 4.78 is 6.05. The fraction of sp³-hybridized carbons (Fsp3) is 0.304. The highest BCUT2D eigenvalue weighted by Gasteiger charge is 2.20. The Balaban J connectivity index is 2.26. The largest absolute Gasteiger partial charge is 0.489 e. The van der Waals surface area contributed by atoms with Gasteiger partial charge in [0.15, 0.2) is 5.78 Å². The van der Waals surface area contributed by atoms with Gasteiger partial charge in [-0.25, -0.2) is 21.5 Å². The fourth-order valence-electron chi connectivity index (χ4n) is 3.05. The maximum Gasteiger partial charge on any atom is 0.352 e. The third kappa shape index (κ3) is 6.07. The van der Waals surface area contributed by atoms with Gasteiger partial charge in [-0.2, -0.15) is 0 Å². The van der Waals surface area contributed by atoms with E-state index in [0.29, 0.717) is 17.0 Å². The number of ketones is 1. The standard InChI is InChI=1S/C23H31N5O3/c1-6-17-8-7-9-20(28(25)23(30)27(5)24)19(17)15-31-22-11-10-18(14-16(22)2)21(29)12-13-26(3)4/h7-14H,6,15,24-25H2,1-5H3/b13-12+. The molecule has 0 aliphatic rings. The summed E-state index contributed by atoms with van der Waals surface area (Å²) in [5, 5.41) is 1.94. The van der Waals surface area contributed by atoms with Crippen molar-refractivity contribution in [3.8, 4) is 5.75 Å². The second kappa shape index (κ2) is 10.6. The summed E-state index contributed by atoms with van der Waals surface area (Å²) in [7, 11) is 5.15. The van der Waals surface area contributed by atoms with Crippen LogP contribution in [0.3, 0.4) is 0 Å². The molecule has 0 heterocycles. The lowest BCUT2D eigenvalue weighted by atomic mass is 10.0. The Morgan fingerprint density at radius 1 is 1.10 bits per heavy atom. The van der Waals surface area contributed by atoms with E-state index < -0.39 is 6.03 Å². The maximum absolute atomic E-state index is 12.3. The first-order valence-corrected chi connectivity index (χ1v) is 9.96. The van der Waals surface area contributed by atoms with Crippen LogP contribution in [0.4, 0.5) is 10.5 Å². The van der Waals surface area contributed by atoms with Crippen LogP contribution in [-0.2, 0) is 13.0 Å². The Kier molecular flexibility index (Phi) is 8.18. The topological polar surface area (TPSA) is 105 Å². The maximum atomic E-state index is 12.3. The van der Waals surface area contributed by atoms with E-state index in [2.05, 4.69) is 0 Å².